The number of likely N-dealkylation sites (N-methyl/N-ethyl adjacent to an activating group) is 1. The fourth-order valence-electron chi connectivity index (χ4n) is 2.33. The number of azo groups is 1. The first-order valence-electron chi connectivity index (χ1n) is 7.82. The standard InChI is InChI=1S/C17H19N6S.BrH/c1-2-23(13-12-22-10-4-3-5-11-22)16-8-6-15(7-9-16)20-21-17-18-14-19-24-17;/h3-11,14H,2,12-13H2,1H3;1H/q+1;/p-1/b21-20+;. The maximum absolute atomic E-state index is 4.18. The van der Waals surface area contributed by atoms with Crippen molar-refractivity contribution in [2.75, 3.05) is 18.0 Å². The van der Waals surface area contributed by atoms with Crippen molar-refractivity contribution in [2.45, 2.75) is 13.5 Å². The van der Waals surface area contributed by atoms with Gasteiger partial charge in [-0.05, 0) is 31.2 Å². The molecule has 6 nitrogen and oxygen atoms in total. The lowest BCUT2D eigenvalue weighted by Gasteiger charge is -2.21. The summed E-state index contributed by atoms with van der Waals surface area (Å²) in [5, 5.41) is 8.80. The largest absolute Gasteiger partial charge is 1.00 e. The first-order chi connectivity index (χ1) is 11.8. The predicted molar refractivity (Wildman–Crippen MR) is 95.1 cm³/mol. The van der Waals surface area contributed by atoms with Gasteiger partial charge in [0.05, 0.1) is 12.2 Å². The molecule has 0 atom stereocenters. The molecule has 2 aromatic heterocycles. The molecule has 8 heteroatoms. The Balaban J connectivity index is 0.00000225. The smallest absolute Gasteiger partial charge is 0.249 e. The van der Waals surface area contributed by atoms with Crippen LogP contribution in [0.5, 0.6) is 0 Å². The second-order valence-electron chi connectivity index (χ2n) is 5.13. The Morgan fingerprint density at radius 1 is 1.08 bits per heavy atom. The summed E-state index contributed by atoms with van der Waals surface area (Å²) in [5.41, 5.74) is 1.99. The molecule has 0 radical (unpaired) electrons. The second kappa shape index (κ2) is 9.95. The van der Waals surface area contributed by atoms with E-state index in [0.29, 0.717) is 5.13 Å². The topological polar surface area (TPSA) is 57.6 Å². The maximum atomic E-state index is 4.18. The number of nitrogens with zero attached hydrogens (tertiary/aromatic N) is 6. The van der Waals surface area contributed by atoms with Crippen LogP contribution in [0.15, 0.2) is 71.4 Å². The molecule has 3 aromatic rings. The van der Waals surface area contributed by atoms with E-state index in [-0.39, 0.29) is 17.0 Å². The number of pyridine rings is 1. The molecule has 0 bridgehead atoms. The molecule has 2 heterocycles. The summed E-state index contributed by atoms with van der Waals surface area (Å²) >= 11 is 1.23. The van der Waals surface area contributed by atoms with Gasteiger partial charge in [0.1, 0.15) is 6.33 Å². The van der Waals surface area contributed by atoms with E-state index in [1.165, 1.54) is 23.5 Å². The van der Waals surface area contributed by atoms with E-state index < -0.39 is 0 Å². The number of benzene rings is 1. The van der Waals surface area contributed by atoms with E-state index >= 15 is 0 Å². The van der Waals surface area contributed by atoms with Gasteiger partial charge < -0.3 is 21.9 Å². The van der Waals surface area contributed by atoms with Gasteiger partial charge in [0, 0.05) is 35.9 Å². The summed E-state index contributed by atoms with van der Waals surface area (Å²) in [6.45, 7) is 5.03. The van der Waals surface area contributed by atoms with Crippen LogP contribution >= 0.6 is 11.5 Å². The lowest BCUT2D eigenvalue weighted by molar-refractivity contribution is -0.694. The molecular weight excluding hydrogens is 400 g/mol. The zero-order chi connectivity index (χ0) is 16.6. The van der Waals surface area contributed by atoms with E-state index in [1.807, 2.05) is 30.3 Å². The van der Waals surface area contributed by atoms with Gasteiger partial charge in [-0.1, -0.05) is 6.07 Å². The molecule has 1 aromatic carbocycles. The number of anilines is 1. The van der Waals surface area contributed by atoms with Gasteiger partial charge in [0.2, 0.25) is 5.13 Å². The molecule has 0 aliphatic rings. The van der Waals surface area contributed by atoms with E-state index in [4.69, 9.17) is 0 Å². The minimum absolute atomic E-state index is 0. The van der Waals surface area contributed by atoms with Crippen LogP contribution in [0.4, 0.5) is 16.5 Å². The van der Waals surface area contributed by atoms with Crippen molar-refractivity contribution in [3.63, 3.8) is 0 Å². The van der Waals surface area contributed by atoms with Gasteiger partial charge in [-0.25, -0.2) is 9.55 Å². The van der Waals surface area contributed by atoms with Crippen LogP contribution < -0.4 is 26.4 Å². The summed E-state index contributed by atoms with van der Waals surface area (Å²) in [7, 11) is 0. The maximum Gasteiger partial charge on any atom is 0.249 e. The Morgan fingerprint density at radius 3 is 2.48 bits per heavy atom. The SMILES string of the molecule is CCN(CC[n+]1ccccc1)c1ccc(/N=N/c2ncns2)cc1.[Br-]. The molecule has 3 rings (SSSR count). The summed E-state index contributed by atoms with van der Waals surface area (Å²) in [4.78, 5) is 6.32. The van der Waals surface area contributed by atoms with Crippen LogP contribution in [0.3, 0.4) is 0 Å². The van der Waals surface area contributed by atoms with Crippen molar-refractivity contribution >= 4 is 28.0 Å². The third-order valence-electron chi connectivity index (χ3n) is 3.60. The predicted octanol–water partition coefficient (Wildman–Crippen LogP) is 0.771. The molecule has 0 N–H and O–H groups in total. The summed E-state index contributed by atoms with van der Waals surface area (Å²) in [5.74, 6) is 0. The molecule has 25 heavy (non-hydrogen) atoms. The molecule has 0 saturated heterocycles. The quantitative estimate of drug-likeness (QED) is 0.420. The van der Waals surface area contributed by atoms with Gasteiger partial charge in [-0.2, -0.15) is 4.37 Å². The Labute approximate surface area is 161 Å². The monoisotopic (exact) mass is 418 g/mol. The van der Waals surface area contributed by atoms with Gasteiger partial charge in [-0.15, -0.1) is 10.2 Å². The van der Waals surface area contributed by atoms with Crippen molar-refractivity contribution in [2.24, 2.45) is 10.2 Å². The molecular formula is C17H19BrN6S. The van der Waals surface area contributed by atoms with E-state index in [2.05, 4.69) is 60.5 Å². The first kappa shape index (κ1) is 19.1. The molecule has 0 fully saturated rings. The summed E-state index contributed by atoms with van der Waals surface area (Å²) in [6.07, 6.45) is 5.65. The highest BCUT2D eigenvalue weighted by Gasteiger charge is 2.07. The van der Waals surface area contributed by atoms with E-state index in [9.17, 15) is 0 Å². The van der Waals surface area contributed by atoms with Gasteiger partial charge in [-0.3, -0.25) is 0 Å². The number of hydrogen-bond donors (Lipinski definition) is 0. The fraction of sp³-hybridized carbons (Fsp3) is 0.235. The molecule has 0 aliphatic carbocycles. The third-order valence-corrected chi connectivity index (χ3v) is 4.15. The highest BCUT2D eigenvalue weighted by Crippen LogP contribution is 2.22. The van der Waals surface area contributed by atoms with E-state index in [0.717, 1.165) is 25.3 Å². The fourth-order valence-corrected chi connectivity index (χ4v) is 2.69. The number of aromatic nitrogens is 3. The first-order valence-corrected chi connectivity index (χ1v) is 8.60. The average molecular weight is 419 g/mol. The molecule has 0 saturated carbocycles. The Morgan fingerprint density at radius 2 is 1.84 bits per heavy atom. The Kier molecular flexibility index (Phi) is 7.62. The van der Waals surface area contributed by atoms with Crippen molar-refractivity contribution in [1.82, 2.24) is 9.36 Å². The van der Waals surface area contributed by atoms with Crippen molar-refractivity contribution < 1.29 is 21.5 Å². The van der Waals surface area contributed by atoms with Crippen LogP contribution in [-0.2, 0) is 6.54 Å². The van der Waals surface area contributed by atoms with Crippen LogP contribution in [0.1, 0.15) is 6.92 Å². The van der Waals surface area contributed by atoms with Crippen LogP contribution in [0.2, 0.25) is 0 Å². The zero-order valence-corrected chi connectivity index (χ0v) is 16.3. The van der Waals surface area contributed by atoms with Crippen LogP contribution in [-0.4, -0.2) is 22.4 Å². The highest BCUT2D eigenvalue weighted by atomic mass is 79.9. The van der Waals surface area contributed by atoms with Crippen molar-refractivity contribution in [3.8, 4) is 0 Å². The van der Waals surface area contributed by atoms with Crippen molar-refractivity contribution in [1.29, 1.82) is 0 Å². The molecule has 0 spiro atoms. The Hall–Kier alpha value is -2.19. The summed E-state index contributed by atoms with van der Waals surface area (Å²) < 4.78 is 6.08. The molecule has 130 valence electrons. The number of rotatable bonds is 7. The minimum Gasteiger partial charge on any atom is -1.00 e. The molecule has 0 amide bonds. The molecule has 0 aliphatic heterocycles. The van der Waals surface area contributed by atoms with Crippen LogP contribution in [0, 0.1) is 0 Å². The van der Waals surface area contributed by atoms with Gasteiger partial charge in [0.15, 0.2) is 18.9 Å². The van der Waals surface area contributed by atoms with Crippen molar-refractivity contribution in [3.05, 3.63) is 61.2 Å². The minimum atomic E-state index is 0. The summed E-state index contributed by atoms with van der Waals surface area (Å²) in [6, 6.07) is 14.2. The normalized spacial score (nSPS) is 10.6. The number of halogens is 1. The Bertz CT molecular complexity index is 762. The van der Waals surface area contributed by atoms with Gasteiger partial charge in [0.25, 0.3) is 0 Å². The van der Waals surface area contributed by atoms with E-state index in [1.54, 1.807) is 0 Å². The lowest BCUT2D eigenvalue weighted by Crippen LogP contribution is -3.00. The zero-order valence-electron chi connectivity index (χ0n) is 13.9. The highest BCUT2D eigenvalue weighted by molar-refractivity contribution is 7.09. The second-order valence-corrected chi connectivity index (χ2v) is 5.89. The third kappa shape index (κ3) is 5.68. The number of hydrogen-bond acceptors (Lipinski definition) is 6. The van der Waals surface area contributed by atoms with Crippen LogP contribution in [0.25, 0.3) is 0 Å². The lowest BCUT2D eigenvalue weighted by atomic mass is 10.2. The average Bonchev–Trinajstić information content (AvgIpc) is 3.16. The molecule has 0 unspecified atom stereocenters. The van der Waals surface area contributed by atoms with Gasteiger partial charge >= 0.3 is 0 Å².